The third-order valence-electron chi connectivity index (χ3n) is 4.68. The monoisotopic (exact) mass is 405 g/mol. The number of nitrogens with one attached hydrogen (secondary N) is 1. The third kappa shape index (κ3) is 5.01. The molecule has 28 heavy (non-hydrogen) atoms. The average molecular weight is 406 g/mol. The molecule has 1 fully saturated rings. The summed E-state index contributed by atoms with van der Waals surface area (Å²) in [7, 11) is -1.64. The average Bonchev–Trinajstić information content (AvgIpc) is 2.74. The molecule has 1 aliphatic rings. The first kappa shape index (κ1) is 20.6. The Morgan fingerprint density at radius 2 is 1.96 bits per heavy atom. The summed E-state index contributed by atoms with van der Waals surface area (Å²) in [5.41, 5.74) is 2.58. The SMILES string of the molecule is CCOCCS(=O)(=O)c1cc(-c2ccc(NC)nc2)cc(N2CCOCC2)c1. The van der Waals surface area contributed by atoms with Crippen LogP contribution in [-0.2, 0) is 19.3 Å². The minimum Gasteiger partial charge on any atom is -0.381 e. The fraction of sp³-hybridized carbons (Fsp3) is 0.450. The van der Waals surface area contributed by atoms with Crippen molar-refractivity contribution in [1.29, 1.82) is 0 Å². The number of sulfone groups is 1. The fourth-order valence-electron chi connectivity index (χ4n) is 3.08. The van der Waals surface area contributed by atoms with Gasteiger partial charge in [0, 0.05) is 44.2 Å². The first-order valence-corrected chi connectivity index (χ1v) is 11.1. The van der Waals surface area contributed by atoms with E-state index in [4.69, 9.17) is 9.47 Å². The second kappa shape index (κ2) is 9.36. The largest absolute Gasteiger partial charge is 0.381 e. The molecule has 1 N–H and O–H groups in total. The van der Waals surface area contributed by atoms with Crippen LogP contribution in [0.5, 0.6) is 0 Å². The predicted molar refractivity (Wildman–Crippen MR) is 111 cm³/mol. The van der Waals surface area contributed by atoms with Gasteiger partial charge in [0.05, 0.1) is 30.5 Å². The zero-order valence-electron chi connectivity index (χ0n) is 16.3. The van der Waals surface area contributed by atoms with E-state index in [-0.39, 0.29) is 12.4 Å². The molecule has 7 nitrogen and oxygen atoms in total. The number of morpholine rings is 1. The standard InChI is InChI=1S/C20H27N3O4S/c1-3-26-10-11-28(24,25)19-13-17(16-4-5-20(21-2)22-15-16)12-18(14-19)23-6-8-27-9-7-23/h4-5,12-15H,3,6-11H2,1-2H3,(H,21,22). The lowest BCUT2D eigenvalue weighted by atomic mass is 10.1. The van der Waals surface area contributed by atoms with E-state index in [0.29, 0.717) is 24.7 Å². The Bertz CT molecular complexity index is 879. The summed E-state index contributed by atoms with van der Waals surface area (Å²) in [6, 6.07) is 9.31. The van der Waals surface area contributed by atoms with E-state index >= 15 is 0 Å². The normalized spacial score (nSPS) is 14.9. The molecule has 0 amide bonds. The van der Waals surface area contributed by atoms with E-state index in [2.05, 4.69) is 15.2 Å². The number of pyridine rings is 1. The van der Waals surface area contributed by atoms with Crippen molar-refractivity contribution < 1.29 is 17.9 Å². The molecule has 1 aliphatic heterocycles. The summed E-state index contributed by atoms with van der Waals surface area (Å²) in [5.74, 6) is 0.724. The Balaban J connectivity index is 2.00. The molecular weight excluding hydrogens is 378 g/mol. The van der Waals surface area contributed by atoms with E-state index in [1.165, 1.54) is 0 Å². The second-order valence-electron chi connectivity index (χ2n) is 6.51. The summed E-state index contributed by atoms with van der Waals surface area (Å²) >= 11 is 0. The number of rotatable bonds is 8. The van der Waals surface area contributed by atoms with Crippen molar-refractivity contribution in [1.82, 2.24) is 4.98 Å². The van der Waals surface area contributed by atoms with Crippen molar-refractivity contribution in [3.05, 3.63) is 36.5 Å². The first-order valence-electron chi connectivity index (χ1n) is 9.46. The molecule has 1 aromatic heterocycles. The molecule has 0 saturated carbocycles. The maximum atomic E-state index is 12.9. The Kier molecular flexibility index (Phi) is 6.88. The van der Waals surface area contributed by atoms with E-state index < -0.39 is 9.84 Å². The van der Waals surface area contributed by atoms with Crippen molar-refractivity contribution >= 4 is 21.3 Å². The number of nitrogens with zero attached hydrogens (tertiary/aromatic N) is 2. The number of benzene rings is 1. The van der Waals surface area contributed by atoms with E-state index in [0.717, 1.165) is 35.7 Å². The summed E-state index contributed by atoms with van der Waals surface area (Å²) in [4.78, 5) is 6.82. The van der Waals surface area contributed by atoms with Gasteiger partial charge in [-0.2, -0.15) is 0 Å². The number of ether oxygens (including phenoxy) is 2. The lowest BCUT2D eigenvalue weighted by molar-refractivity contribution is 0.122. The van der Waals surface area contributed by atoms with Gasteiger partial charge in [-0.05, 0) is 42.8 Å². The van der Waals surface area contributed by atoms with Crippen LogP contribution in [0.1, 0.15) is 6.92 Å². The molecule has 0 aliphatic carbocycles. The van der Waals surface area contributed by atoms with Crippen molar-refractivity contribution in [3.63, 3.8) is 0 Å². The topological polar surface area (TPSA) is 80.8 Å². The highest BCUT2D eigenvalue weighted by atomic mass is 32.2. The molecule has 1 aromatic carbocycles. The number of aromatic nitrogens is 1. The van der Waals surface area contributed by atoms with Crippen molar-refractivity contribution in [2.75, 3.05) is 62.5 Å². The molecule has 8 heteroatoms. The van der Waals surface area contributed by atoms with Crippen molar-refractivity contribution in [2.45, 2.75) is 11.8 Å². The van der Waals surface area contributed by atoms with Crippen LogP contribution in [0.15, 0.2) is 41.4 Å². The highest BCUT2D eigenvalue weighted by molar-refractivity contribution is 7.91. The van der Waals surface area contributed by atoms with Gasteiger partial charge in [-0.1, -0.05) is 0 Å². The molecule has 1 saturated heterocycles. The lowest BCUT2D eigenvalue weighted by Gasteiger charge is -2.29. The van der Waals surface area contributed by atoms with Crippen LogP contribution >= 0.6 is 0 Å². The minimum absolute atomic E-state index is 0.0379. The number of hydrogen-bond acceptors (Lipinski definition) is 7. The van der Waals surface area contributed by atoms with Gasteiger partial charge >= 0.3 is 0 Å². The number of hydrogen-bond donors (Lipinski definition) is 1. The maximum absolute atomic E-state index is 12.9. The van der Waals surface area contributed by atoms with Gasteiger partial charge in [-0.25, -0.2) is 13.4 Å². The molecule has 3 rings (SSSR count). The van der Waals surface area contributed by atoms with Crippen molar-refractivity contribution in [2.24, 2.45) is 0 Å². The molecule has 0 radical (unpaired) electrons. The van der Waals surface area contributed by atoms with Crippen LogP contribution < -0.4 is 10.2 Å². The Morgan fingerprint density at radius 3 is 2.61 bits per heavy atom. The van der Waals surface area contributed by atoms with Crippen LogP contribution in [0.2, 0.25) is 0 Å². The second-order valence-corrected chi connectivity index (χ2v) is 8.62. The Hall–Kier alpha value is -2.16. The molecule has 152 valence electrons. The van der Waals surface area contributed by atoms with E-state index in [1.807, 2.05) is 32.2 Å². The van der Waals surface area contributed by atoms with Gasteiger partial charge in [-0.15, -0.1) is 0 Å². The van der Waals surface area contributed by atoms with Gasteiger partial charge in [-0.3, -0.25) is 0 Å². The van der Waals surface area contributed by atoms with Gasteiger partial charge in [0.2, 0.25) is 0 Å². The molecule has 0 spiro atoms. The quantitative estimate of drug-likeness (QED) is 0.676. The highest BCUT2D eigenvalue weighted by Gasteiger charge is 2.20. The molecule has 0 bridgehead atoms. The lowest BCUT2D eigenvalue weighted by Crippen LogP contribution is -2.36. The van der Waals surface area contributed by atoms with Crippen molar-refractivity contribution in [3.8, 4) is 11.1 Å². The van der Waals surface area contributed by atoms with Gasteiger partial charge in [0.1, 0.15) is 5.82 Å². The third-order valence-corrected chi connectivity index (χ3v) is 6.34. The zero-order chi connectivity index (χ0) is 20.0. The van der Waals surface area contributed by atoms with E-state index in [1.54, 1.807) is 18.3 Å². The molecule has 2 heterocycles. The van der Waals surface area contributed by atoms with Gasteiger partial charge < -0.3 is 19.7 Å². The molecule has 0 unspecified atom stereocenters. The van der Waals surface area contributed by atoms with Crippen LogP contribution in [0.3, 0.4) is 0 Å². The van der Waals surface area contributed by atoms with Gasteiger partial charge in [0.15, 0.2) is 9.84 Å². The predicted octanol–water partition coefficient (Wildman–Crippen LogP) is 2.44. The summed E-state index contributed by atoms with van der Waals surface area (Å²) in [6.45, 7) is 5.28. The minimum atomic E-state index is -3.45. The molecular formula is C20H27N3O4S. The number of anilines is 2. The van der Waals surface area contributed by atoms with Crippen LogP contribution in [0.25, 0.3) is 11.1 Å². The van der Waals surface area contributed by atoms with Crippen LogP contribution in [0.4, 0.5) is 11.5 Å². The highest BCUT2D eigenvalue weighted by Crippen LogP contribution is 2.30. The fourth-order valence-corrected chi connectivity index (χ4v) is 4.26. The smallest absolute Gasteiger partial charge is 0.180 e. The van der Waals surface area contributed by atoms with E-state index in [9.17, 15) is 8.42 Å². The summed E-state index contributed by atoms with van der Waals surface area (Å²) in [5, 5.41) is 2.99. The van der Waals surface area contributed by atoms with Crippen LogP contribution in [0, 0.1) is 0 Å². The summed E-state index contributed by atoms with van der Waals surface area (Å²) in [6.07, 6.45) is 1.75. The van der Waals surface area contributed by atoms with Gasteiger partial charge in [0.25, 0.3) is 0 Å². The first-order chi connectivity index (χ1) is 13.5. The van der Waals surface area contributed by atoms with Crippen LogP contribution in [-0.4, -0.2) is 65.7 Å². The Labute approximate surface area is 166 Å². The Morgan fingerprint density at radius 1 is 1.18 bits per heavy atom. The summed E-state index contributed by atoms with van der Waals surface area (Å²) < 4.78 is 36.4. The molecule has 2 aromatic rings. The molecule has 0 atom stereocenters. The zero-order valence-corrected chi connectivity index (χ0v) is 17.2. The maximum Gasteiger partial charge on any atom is 0.180 e.